The number of thioether (sulfide) groups is 1. The summed E-state index contributed by atoms with van der Waals surface area (Å²) >= 11 is 1.70. The Morgan fingerprint density at radius 1 is 1.25 bits per heavy atom. The van der Waals surface area contributed by atoms with Crippen LogP contribution in [0.5, 0.6) is 11.5 Å². The third kappa shape index (κ3) is 2.62. The molecule has 1 aromatic rings. The summed E-state index contributed by atoms with van der Waals surface area (Å²) in [6, 6.07) is 4.02. The average Bonchev–Trinajstić information content (AvgIpc) is 2.35. The van der Waals surface area contributed by atoms with Crippen molar-refractivity contribution in [2.45, 2.75) is 17.7 Å². The van der Waals surface area contributed by atoms with Crippen molar-refractivity contribution >= 4 is 11.8 Å². The maximum atomic E-state index is 5.71. The Morgan fingerprint density at radius 2 is 1.81 bits per heavy atom. The largest absolute Gasteiger partial charge is 0.493 e. The number of hydrogen-bond donors (Lipinski definition) is 1. The van der Waals surface area contributed by atoms with Crippen LogP contribution in [0.3, 0.4) is 0 Å². The minimum atomic E-state index is 0.322. The van der Waals surface area contributed by atoms with Crippen LogP contribution in [0.4, 0.5) is 0 Å². The first kappa shape index (κ1) is 13.2. The first-order valence-electron chi connectivity index (χ1n) is 5.17. The highest BCUT2D eigenvalue weighted by Crippen LogP contribution is 2.37. The molecule has 4 heteroatoms. The number of ether oxygens (including phenoxy) is 2. The summed E-state index contributed by atoms with van der Waals surface area (Å²) in [6.45, 7) is 2.74. The summed E-state index contributed by atoms with van der Waals surface area (Å²) in [6.07, 6.45) is 2.05. The lowest BCUT2D eigenvalue weighted by molar-refractivity contribution is 0.353. The zero-order valence-electron chi connectivity index (χ0n) is 10.2. The summed E-state index contributed by atoms with van der Waals surface area (Å²) in [7, 11) is 3.29. The number of benzene rings is 1. The van der Waals surface area contributed by atoms with E-state index in [0.29, 0.717) is 12.5 Å². The zero-order valence-corrected chi connectivity index (χ0v) is 11.1. The molecule has 0 saturated heterocycles. The zero-order chi connectivity index (χ0) is 12.1. The highest BCUT2D eigenvalue weighted by atomic mass is 32.2. The number of rotatable bonds is 5. The third-order valence-corrected chi connectivity index (χ3v) is 3.41. The van der Waals surface area contributed by atoms with Gasteiger partial charge in [-0.05, 0) is 36.4 Å². The molecule has 0 heterocycles. The Balaban J connectivity index is 3.25. The predicted octanol–water partition coefficient (Wildman–Crippen LogP) is 2.49. The Morgan fingerprint density at radius 3 is 2.25 bits per heavy atom. The fraction of sp³-hybridized carbons (Fsp3) is 0.500. The van der Waals surface area contributed by atoms with Gasteiger partial charge in [0.1, 0.15) is 0 Å². The molecule has 0 aliphatic rings. The highest BCUT2D eigenvalue weighted by Gasteiger charge is 2.14. The summed E-state index contributed by atoms with van der Waals surface area (Å²) in [5.41, 5.74) is 6.92. The van der Waals surface area contributed by atoms with E-state index in [1.165, 1.54) is 10.5 Å². The Bertz CT molecular complexity index is 355. The molecule has 3 nitrogen and oxygen atoms in total. The molecule has 2 N–H and O–H groups in total. The van der Waals surface area contributed by atoms with Crippen LogP contribution in [-0.4, -0.2) is 27.0 Å². The summed E-state index contributed by atoms with van der Waals surface area (Å²) in [5, 5.41) is 0. The molecule has 0 aromatic heterocycles. The van der Waals surface area contributed by atoms with Gasteiger partial charge in [0.15, 0.2) is 11.5 Å². The highest BCUT2D eigenvalue weighted by molar-refractivity contribution is 7.98. The predicted molar refractivity (Wildman–Crippen MR) is 68.8 cm³/mol. The van der Waals surface area contributed by atoms with E-state index in [1.807, 2.05) is 18.4 Å². The smallest absolute Gasteiger partial charge is 0.161 e. The molecule has 0 amide bonds. The van der Waals surface area contributed by atoms with Crippen molar-refractivity contribution in [3.8, 4) is 11.5 Å². The number of methoxy groups -OCH3 is 2. The summed E-state index contributed by atoms with van der Waals surface area (Å²) in [5.74, 6) is 1.85. The lowest BCUT2D eigenvalue weighted by atomic mass is 10.0. The van der Waals surface area contributed by atoms with Crippen LogP contribution in [-0.2, 0) is 0 Å². The van der Waals surface area contributed by atoms with E-state index in [4.69, 9.17) is 15.2 Å². The second-order valence-electron chi connectivity index (χ2n) is 3.59. The monoisotopic (exact) mass is 241 g/mol. The molecule has 0 fully saturated rings. The van der Waals surface area contributed by atoms with Gasteiger partial charge >= 0.3 is 0 Å². The second-order valence-corrected chi connectivity index (χ2v) is 4.43. The van der Waals surface area contributed by atoms with Crippen molar-refractivity contribution < 1.29 is 9.47 Å². The molecule has 0 saturated carbocycles. The minimum Gasteiger partial charge on any atom is -0.493 e. The number of hydrogen-bond acceptors (Lipinski definition) is 4. The fourth-order valence-electron chi connectivity index (χ4n) is 1.56. The van der Waals surface area contributed by atoms with Crippen LogP contribution in [0.25, 0.3) is 0 Å². The normalized spacial score (nSPS) is 12.3. The van der Waals surface area contributed by atoms with Gasteiger partial charge in [-0.15, -0.1) is 11.8 Å². The first-order valence-corrected chi connectivity index (χ1v) is 6.40. The van der Waals surface area contributed by atoms with E-state index >= 15 is 0 Å². The standard InChI is InChI=1S/C12H19NO2S/c1-8(7-13)9-5-10(14-2)11(15-3)6-12(9)16-4/h5-6,8H,7,13H2,1-4H3. The van der Waals surface area contributed by atoms with E-state index in [1.54, 1.807) is 26.0 Å². The van der Waals surface area contributed by atoms with Gasteiger partial charge in [-0.1, -0.05) is 6.92 Å². The van der Waals surface area contributed by atoms with Crippen LogP contribution in [0.15, 0.2) is 17.0 Å². The molecule has 90 valence electrons. The maximum absolute atomic E-state index is 5.71. The quantitative estimate of drug-likeness (QED) is 0.804. The number of nitrogens with two attached hydrogens (primary N) is 1. The van der Waals surface area contributed by atoms with E-state index in [2.05, 4.69) is 6.92 Å². The van der Waals surface area contributed by atoms with Gasteiger partial charge in [-0.2, -0.15) is 0 Å². The summed E-state index contributed by atoms with van der Waals surface area (Å²) < 4.78 is 10.6. The van der Waals surface area contributed by atoms with E-state index < -0.39 is 0 Å². The van der Waals surface area contributed by atoms with Gasteiger partial charge < -0.3 is 15.2 Å². The molecular weight excluding hydrogens is 222 g/mol. The molecule has 0 aliphatic carbocycles. The van der Waals surface area contributed by atoms with Crippen molar-refractivity contribution in [2.75, 3.05) is 27.0 Å². The molecule has 1 aromatic carbocycles. The van der Waals surface area contributed by atoms with Gasteiger partial charge in [-0.3, -0.25) is 0 Å². The van der Waals surface area contributed by atoms with Crippen molar-refractivity contribution in [2.24, 2.45) is 5.73 Å². The second kappa shape index (κ2) is 6.01. The van der Waals surface area contributed by atoms with Gasteiger partial charge in [-0.25, -0.2) is 0 Å². The van der Waals surface area contributed by atoms with Crippen molar-refractivity contribution in [3.05, 3.63) is 17.7 Å². The molecule has 1 unspecified atom stereocenters. The lowest BCUT2D eigenvalue weighted by Gasteiger charge is -2.17. The molecule has 1 rings (SSSR count). The lowest BCUT2D eigenvalue weighted by Crippen LogP contribution is -2.10. The average molecular weight is 241 g/mol. The van der Waals surface area contributed by atoms with E-state index in [-0.39, 0.29) is 0 Å². The topological polar surface area (TPSA) is 44.5 Å². The minimum absolute atomic E-state index is 0.322. The van der Waals surface area contributed by atoms with Crippen LogP contribution >= 0.6 is 11.8 Å². The third-order valence-electron chi connectivity index (χ3n) is 2.62. The molecular formula is C12H19NO2S. The molecule has 0 aliphatic heterocycles. The molecule has 1 atom stereocenters. The van der Waals surface area contributed by atoms with Crippen LogP contribution in [0, 0.1) is 0 Å². The Hall–Kier alpha value is -0.870. The summed E-state index contributed by atoms with van der Waals surface area (Å²) in [4.78, 5) is 1.19. The van der Waals surface area contributed by atoms with E-state index in [9.17, 15) is 0 Å². The van der Waals surface area contributed by atoms with Crippen LogP contribution in [0.2, 0.25) is 0 Å². The molecule has 0 spiro atoms. The van der Waals surface area contributed by atoms with Crippen LogP contribution < -0.4 is 15.2 Å². The van der Waals surface area contributed by atoms with Gasteiger partial charge in [0.05, 0.1) is 14.2 Å². The maximum Gasteiger partial charge on any atom is 0.161 e. The first-order chi connectivity index (χ1) is 7.67. The molecule has 0 bridgehead atoms. The molecule has 16 heavy (non-hydrogen) atoms. The van der Waals surface area contributed by atoms with Crippen molar-refractivity contribution in [1.82, 2.24) is 0 Å². The van der Waals surface area contributed by atoms with Crippen LogP contribution in [0.1, 0.15) is 18.4 Å². The van der Waals surface area contributed by atoms with E-state index in [0.717, 1.165) is 11.5 Å². The Kier molecular flexibility index (Phi) is 4.96. The fourth-order valence-corrected chi connectivity index (χ4v) is 2.29. The SMILES string of the molecule is COc1cc(SC)c(C(C)CN)cc1OC. The van der Waals surface area contributed by atoms with Gasteiger partial charge in [0.2, 0.25) is 0 Å². The van der Waals surface area contributed by atoms with Crippen molar-refractivity contribution in [3.63, 3.8) is 0 Å². The van der Waals surface area contributed by atoms with Crippen molar-refractivity contribution in [1.29, 1.82) is 0 Å². The van der Waals surface area contributed by atoms with Gasteiger partial charge in [0, 0.05) is 4.90 Å². The Labute approximate surface area is 101 Å². The molecule has 0 radical (unpaired) electrons. The van der Waals surface area contributed by atoms with Gasteiger partial charge in [0.25, 0.3) is 0 Å².